The Bertz CT molecular complexity index is 670. The van der Waals surface area contributed by atoms with Crippen molar-refractivity contribution in [3.05, 3.63) is 50.8 Å². The van der Waals surface area contributed by atoms with Crippen molar-refractivity contribution in [1.82, 2.24) is 4.98 Å². The Kier molecular flexibility index (Phi) is 4.14. The Morgan fingerprint density at radius 1 is 0.950 bits per heavy atom. The van der Waals surface area contributed by atoms with Crippen LogP contribution in [0.5, 0.6) is 0 Å². The highest BCUT2D eigenvalue weighted by Gasteiger charge is 2.33. The average molecular weight is 345 g/mol. The molecule has 0 unspecified atom stereocenters. The van der Waals surface area contributed by atoms with E-state index in [9.17, 15) is 17.6 Å². The molecule has 0 spiro atoms. The first-order chi connectivity index (χ1) is 9.20. The van der Waals surface area contributed by atoms with Crippen molar-refractivity contribution in [2.75, 3.05) is 0 Å². The molecule has 0 radical (unpaired) electrons. The number of alkyl halides is 3. The van der Waals surface area contributed by atoms with Crippen molar-refractivity contribution >= 4 is 34.8 Å². The summed E-state index contributed by atoms with van der Waals surface area (Å²) in [4.78, 5) is 3.36. The fraction of sp³-hybridized carbons (Fsp3) is 0.0833. The molecule has 1 heterocycles. The van der Waals surface area contributed by atoms with Crippen LogP contribution in [0.25, 0.3) is 11.3 Å². The summed E-state index contributed by atoms with van der Waals surface area (Å²) < 4.78 is 51.1. The summed E-state index contributed by atoms with van der Waals surface area (Å²) in [6.45, 7) is 0. The zero-order valence-electron chi connectivity index (χ0n) is 9.40. The van der Waals surface area contributed by atoms with E-state index in [0.29, 0.717) is 6.07 Å². The maximum absolute atomic E-state index is 13.3. The van der Waals surface area contributed by atoms with Crippen LogP contribution < -0.4 is 0 Å². The molecule has 0 saturated heterocycles. The summed E-state index contributed by atoms with van der Waals surface area (Å²) >= 11 is 17.4. The topological polar surface area (TPSA) is 12.9 Å². The summed E-state index contributed by atoms with van der Waals surface area (Å²) in [6.07, 6.45) is -4.76. The standard InChI is InChI=1S/C12H4Cl3F4N/c13-7-2-1-6(10(14)11(7)15)8-3-5(16)4-9(20-8)12(17,18)19/h1-4H. The number of halogens is 7. The lowest BCUT2D eigenvalue weighted by molar-refractivity contribution is -0.141. The second-order valence-corrected chi connectivity index (χ2v) is 4.94. The Morgan fingerprint density at radius 3 is 2.20 bits per heavy atom. The second kappa shape index (κ2) is 5.39. The van der Waals surface area contributed by atoms with Crippen LogP contribution in [0, 0.1) is 5.82 Å². The minimum absolute atomic E-state index is 0.0366. The second-order valence-electron chi connectivity index (χ2n) is 3.78. The van der Waals surface area contributed by atoms with Gasteiger partial charge < -0.3 is 0 Å². The molecule has 1 nitrogen and oxygen atoms in total. The van der Waals surface area contributed by atoms with E-state index in [4.69, 9.17) is 34.8 Å². The Hall–Kier alpha value is -1.04. The smallest absolute Gasteiger partial charge is 0.243 e. The van der Waals surface area contributed by atoms with E-state index in [2.05, 4.69) is 4.98 Å². The van der Waals surface area contributed by atoms with E-state index in [1.165, 1.54) is 12.1 Å². The number of benzene rings is 1. The summed E-state index contributed by atoms with van der Waals surface area (Å²) in [7, 11) is 0. The highest BCUT2D eigenvalue weighted by atomic mass is 35.5. The highest BCUT2D eigenvalue weighted by molar-refractivity contribution is 6.49. The van der Waals surface area contributed by atoms with Gasteiger partial charge in [-0.3, -0.25) is 0 Å². The Balaban J connectivity index is 2.65. The van der Waals surface area contributed by atoms with Crippen LogP contribution >= 0.6 is 34.8 Å². The lowest BCUT2D eigenvalue weighted by Gasteiger charge is -2.10. The van der Waals surface area contributed by atoms with Gasteiger partial charge in [-0.2, -0.15) is 13.2 Å². The molecule has 0 atom stereocenters. The van der Waals surface area contributed by atoms with Crippen LogP contribution in [0.2, 0.25) is 15.1 Å². The maximum Gasteiger partial charge on any atom is 0.433 e. The SMILES string of the molecule is Fc1cc(-c2ccc(Cl)c(Cl)c2Cl)nc(C(F)(F)F)c1. The molecule has 0 fully saturated rings. The lowest BCUT2D eigenvalue weighted by atomic mass is 10.1. The number of pyridine rings is 1. The zero-order valence-corrected chi connectivity index (χ0v) is 11.7. The monoisotopic (exact) mass is 343 g/mol. The number of nitrogens with zero attached hydrogens (tertiary/aromatic N) is 1. The molecule has 0 bridgehead atoms. The minimum Gasteiger partial charge on any atom is -0.243 e. The molecule has 0 amide bonds. The summed E-state index contributed by atoms with van der Waals surface area (Å²) in [6, 6.07) is 3.79. The fourth-order valence-electron chi connectivity index (χ4n) is 1.50. The molecule has 8 heteroatoms. The maximum atomic E-state index is 13.3. The van der Waals surface area contributed by atoms with E-state index in [-0.39, 0.29) is 26.3 Å². The quantitative estimate of drug-likeness (QED) is 0.466. The van der Waals surface area contributed by atoms with E-state index >= 15 is 0 Å². The van der Waals surface area contributed by atoms with Gasteiger partial charge in [0, 0.05) is 17.7 Å². The van der Waals surface area contributed by atoms with Gasteiger partial charge in [-0.15, -0.1) is 0 Å². The number of aromatic nitrogens is 1. The molecule has 0 aliphatic heterocycles. The fourth-order valence-corrected chi connectivity index (χ4v) is 2.14. The molecule has 1 aromatic carbocycles. The van der Waals surface area contributed by atoms with Gasteiger partial charge in [0.2, 0.25) is 0 Å². The summed E-state index contributed by atoms with van der Waals surface area (Å²) in [5, 5.41) is 0.00343. The first-order valence-corrected chi connectivity index (χ1v) is 6.22. The molecular weight excluding hydrogens is 340 g/mol. The molecule has 1 aromatic heterocycles. The van der Waals surface area contributed by atoms with Gasteiger partial charge >= 0.3 is 6.18 Å². The highest BCUT2D eigenvalue weighted by Crippen LogP contribution is 2.38. The Labute approximate surface area is 126 Å². The van der Waals surface area contributed by atoms with Gasteiger partial charge in [-0.1, -0.05) is 34.8 Å². The van der Waals surface area contributed by atoms with Crippen LogP contribution in [-0.4, -0.2) is 4.98 Å². The lowest BCUT2D eigenvalue weighted by Crippen LogP contribution is -2.09. The van der Waals surface area contributed by atoms with Crippen molar-refractivity contribution in [2.45, 2.75) is 6.18 Å². The molecule has 0 aliphatic rings. The van der Waals surface area contributed by atoms with E-state index in [1.54, 1.807) is 0 Å². The van der Waals surface area contributed by atoms with Crippen LogP contribution in [0.1, 0.15) is 5.69 Å². The predicted octanol–water partition coefficient (Wildman–Crippen LogP) is 5.87. The van der Waals surface area contributed by atoms with Crippen molar-refractivity contribution in [1.29, 1.82) is 0 Å². The van der Waals surface area contributed by atoms with Gasteiger partial charge in [-0.05, 0) is 12.1 Å². The van der Waals surface area contributed by atoms with Crippen LogP contribution in [-0.2, 0) is 6.18 Å². The van der Waals surface area contributed by atoms with Gasteiger partial charge in [0.25, 0.3) is 0 Å². The average Bonchev–Trinajstić information content (AvgIpc) is 2.34. The molecule has 20 heavy (non-hydrogen) atoms. The molecule has 0 N–H and O–H groups in total. The van der Waals surface area contributed by atoms with Crippen molar-refractivity contribution in [2.24, 2.45) is 0 Å². The third kappa shape index (κ3) is 3.00. The van der Waals surface area contributed by atoms with Gasteiger partial charge in [0.15, 0.2) is 0 Å². The number of rotatable bonds is 1. The molecule has 0 saturated carbocycles. The van der Waals surface area contributed by atoms with Crippen molar-refractivity contribution in [3.63, 3.8) is 0 Å². The van der Waals surface area contributed by atoms with Gasteiger partial charge in [0.1, 0.15) is 11.5 Å². The Morgan fingerprint density at radius 2 is 1.60 bits per heavy atom. The van der Waals surface area contributed by atoms with Crippen molar-refractivity contribution < 1.29 is 17.6 Å². The zero-order chi connectivity index (χ0) is 15.1. The van der Waals surface area contributed by atoms with Gasteiger partial charge in [0.05, 0.1) is 20.8 Å². The molecule has 2 rings (SSSR count). The van der Waals surface area contributed by atoms with Crippen LogP contribution in [0.4, 0.5) is 17.6 Å². The van der Waals surface area contributed by atoms with Crippen LogP contribution in [0.15, 0.2) is 24.3 Å². The summed E-state index contributed by atoms with van der Waals surface area (Å²) in [5.74, 6) is -1.08. The summed E-state index contributed by atoms with van der Waals surface area (Å²) in [5.41, 5.74) is -1.57. The van der Waals surface area contributed by atoms with Crippen LogP contribution in [0.3, 0.4) is 0 Å². The molecule has 2 aromatic rings. The number of hydrogen-bond acceptors (Lipinski definition) is 1. The number of hydrogen-bond donors (Lipinski definition) is 0. The first-order valence-electron chi connectivity index (χ1n) is 5.09. The molecular formula is C12H4Cl3F4N. The van der Waals surface area contributed by atoms with Crippen molar-refractivity contribution in [3.8, 4) is 11.3 Å². The first kappa shape index (κ1) is 15.4. The molecule has 0 aliphatic carbocycles. The van der Waals surface area contributed by atoms with E-state index < -0.39 is 17.7 Å². The van der Waals surface area contributed by atoms with Gasteiger partial charge in [-0.25, -0.2) is 9.37 Å². The molecule has 106 valence electrons. The third-order valence-corrected chi connectivity index (χ3v) is 3.69. The van der Waals surface area contributed by atoms with E-state index in [1.807, 2.05) is 0 Å². The minimum atomic E-state index is -4.76. The largest absolute Gasteiger partial charge is 0.433 e. The predicted molar refractivity (Wildman–Crippen MR) is 69.7 cm³/mol. The normalized spacial score (nSPS) is 11.8. The van der Waals surface area contributed by atoms with E-state index in [0.717, 1.165) is 6.07 Å². The third-order valence-electron chi connectivity index (χ3n) is 2.39.